The van der Waals surface area contributed by atoms with Gasteiger partial charge in [0.1, 0.15) is 23.1 Å². The van der Waals surface area contributed by atoms with Crippen LogP contribution in [0.3, 0.4) is 0 Å². The minimum atomic E-state index is -0.850. The summed E-state index contributed by atoms with van der Waals surface area (Å²) in [6.45, 7) is 1.58. The van der Waals surface area contributed by atoms with Crippen LogP contribution in [0.1, 0.15) is 13.0 Å². The highest BCUT2D eigenvalue weighted by molar-refractivity contribution is 5.94. The molecule has 1 unspecified atom stereocenters. The van der Waals surface area contributed by atoms with Crippen molar-refractivity contribution >= 4 is 22.5 Å². The number of anilines is 1. The number of ether oxygens (including phenoxy) is 2. The second-order valence-corrected chi connectivity index (χ2v) is 5.62. The monoisotopic (exact) mass is 354 g/mol. The van der Waals surface area contributed by atoms with Crippen LogP contribution >= 0.6 is 0 Å². The maximum absolute atomic E-state index is 12.6. The average Bonchev–Trinajstić information content (AvgIpc) is 2.67. The number of hydrogen-bond donors (Lipinski definition) is 1. The first-order valence-electron chi connectivity index (χ1n) is 7.91. The van der Waals surface area contributed by atoms with Crippen molar-refractivity contribution in [3.8, 4) is 11.5 Å². The Morgan fingerprint density at radius 2 is 1.77 bits per heavy atom. The van der Waals surface area contributed by atoms with Crippen LogP contribution in [0.25, 0.3) is 10.9 Å². The van der Waals surface area contributed by atoms with Gasteiger partial charge in [0.15, 0.2) is 0 Å². The van der Waals surface area contributed by atoms with E-state index in [2.05, 4.69) is 15.6 Å². The first kappa shape index (κ1) is 17.4. The van der Waals surface area contributed by atoms with Gasteiger partial charge >= 0.3 is 0 Å². The fourth-order valence-corrected chi connectivity index (χ4v) is 2.49. The zero-order chi connectivity index (χ0) is 18.7. The summed E-state index contributed by atoms with van der Waals surface area (Å²) in [5, 5.41) is 11.0. The zero-order valence-corrected chi connectivity index (χ0v) is 14.6. The minimum absolute atomic E-state index is 0.374. The van der Waals surface area contributed by atoms with Gasteiger partial charge in [-0.05, 0) is 19.1 Å². The summed E-state index contributed by atoms with van der Waals surface area (Å²) < 4.78 is 11.4. The molecule has 1 aromatic heterocycles. The van der Waals surface area contributed by atoms with E-state index >= 15 is 0 Å². The van der Waals surface area contributed by atoms with Crippen molar-refractivity contribution in [2.45, 2.75) is 13.0 Å². The average molecular weight is 354 g/mol. The van der Waals surface area contributed by atoms with Crippen molar-refractivity contribution in [2.75, 3.05) is 19.5 Å². The molecule has 0 aliphatic carbocycles. The molecule has 2 aromatic carbocycles. The molecule has 3 rings (SSSR count). The van der Waals surface area contributed by atoms with Gasteiger partial charge in [0.05, 0.1) is 19.6 Å². The van der Waals surface area contributed by atoms with Crippen LogP contribution in [-0.2, 0) is 4.79 Å². The standard InChI is InChI=1S/C18H18N4O4/c1-11(22-18(24)15-6-4-5-7-16(15)20-21-22)17(23)19-12-8-13(25-2)10-14(9-12)26-3/h4-11H,1-3H3,(H,19,23). The van der Waals surface area contributed by atoms with Crippen molar-refractivity contribution in [3.63, 3.8) is 0 Å². The fraction of sp³-hybridized carbons (Fsp3) is 0.222. The number of fused-ring (bicyclic) bond motifs is 1. The number of methoxy groups -OCH3 is 2. The highest BCUT2D eigenvalue weighted by Gasteiger charge is 2.19. The Bertz CT molecular complexity index is 993. The van der Waals surface area contributed by atoms with Crippen LogP contribution < -0.4 is 20.3 Å². The van der Waals surface area contributed by atoms with Gasteiger partial charge in [-0.15, -0.1) is 5.10 Å². The molecule has 8 nitrogen and oxygen atoms in total. The van der Waals surface area contributed by atoms with E-state index in [4.69, 9.17) is 9.47 Å². The van der Waals surface area contributed by atoms with Crippen LogP contribution in [-0.4, -0.2) is 35.1 Å². The third-order valence-corrected chi connectivity index (χ3v) is 3.96. The molecule has 134 valence electrons. The summed E-state index contributed by atoms with van der Waals surface area (Å²) >= 11 is 0. The van der Waals surface area contributed by atoms with E-state index in [9.17, 15) is 9.59 Å². The lowest BCUT2D eigenvalue weighted by molar-refractivity contribution is -0.119. The Kier molecular flexibility index (Phi) is 4.83. The van der Waals surface area contributed by atoms with Crippen LogP contribution in [0.2, 0.25) is 0 Å². The van der Waals surface area contributed by atoms with E-state index in [0.29, 0.717) is 28.1 Å². The molecule has 0 aliphatic rings. The van der Waals surface area contributed by atoms with E-state index < -0.39 is 11.9 Å². The van der Waals surface area contributed by atoms with E-state index in [1.165, 1.54) is 14.2 Å². The smallest absolute Gasteiger partial charge is 0.278 e. The largest absolute Gasteiger partial charge is 0.497 e. The van der Waals surface area contributed by atoms with Crippen molar-refractivity contribution < 1.29 is 14.3 Å². The number of nitrogens with one attached hydrogen (secondary N) is 1. The van der Waals surface area contributed by atoms with Crippen molar-refractivity contribution in [1.82, 2.24) is 15.0 Å². The number of carbonyl (C=O) groups is 1. The van der Waals surface area contributed by atoms with Crippen molar-refractivity contribution in [3.05, 3.63) is 52.8 Å². The summed E-state index contributed by atoms with van der Waals surface area (Å²) in [5.74, 6) is 0.664. The Morgan fingerprint density at radius 1 is 1.12 bits per heavy atom. The summed E-state index contributed by atoms with van der Waals surface area (Å²) in [7, 11) is 3.04. The summed E-state index contributed by atoms with van der Waals surface area (Å²) in [6.07, 6.45) is 0. The zero-order valence-electron chi connectivity index (χ0n) is 14.6. The van der Waals surface area contributed by atoms with Gasteiger partial charge in [0.2, 0.25) is 5.91 Å². The minimum Gasteiger partial charge on any atom is -0.497 e. The molecule has 0 saturated heterocycles. The van der Waals surface area contributed by atoms with Gasteiger partial charge in [-0.3, -0.25) is 9.59 Å². The van der Waals surface area contributed by atoms with Crippen LogP contribution in [0, 0.1) is 0 Å². The normalized spacial score (nSPS) is 11.8. The van der Waals surface area contributed by atoms with Crippen molar-refractivity contribution in [2.24, 2.45) is 0 Å². The Hall–Kier alpha value is -3.42. The molecule has 0 saturated carbocycles. The Balaban J connectivity index is 1.89. The SMILES string of the molecule is COc1cc(NC(=O)C(C)n2nnc3ccccc3c2=O)cc(OC)c1. The van der Waals surface area contributed by atoms with Crippen LogP contribution in [0.15, 0.2) is 47.3 Å². The molecule has 0 fully saturated rings. The summed E-state index contributed by atoms with van der Waals surface area (Å²) in [4.78, 5) is 25.1. The van der Waals surface area contributed by atoms with E-state index in [-0.39, 0.29) is 5.56 Å². The van der Waals surface area contributed by atoms with Gasteiger partial charge in [-0.25, -0.2) is 0 Å². The molecule has 26 heavy (non-hydrogen) atoms. The number of rotatable bonds is 5. The molecular weight excluding hydrogens is 336 g/mol. The van der Waals surface area contributed by atoms with Crippen LogP contribution in [0.4, 0.5) is 5.69 Å². The topological polar surface area (TPSA) is 95.3 Å². The summed E-state index contributed by atoms with van der Waals surface area (Å²) in [5.41, 5.74) is 0.597. The second-order valence-electron chi connectivity index (χ2n) is 5.62. The highest BCUT2D eigenvalue weighted by atomic mass is 16.5. The first-order valence-corrected chi connectivity index (χ1v) is 7.91. The number of aromatic nitrogens is 3. The van der Waals surface area contributed by atoms with Gasteiger partial charge in [0.25, 0.3) is 5.56 Å². The van der Waals surface area contributed by atoms with Gasteiger partial charge in [-0.1, -0.05) is 17.3 Å². The van der Waals surface area contributed by atoms with Crippen molar-refractivity contribution in [1.29, 1.82) is 0 Å². The predicted octanol–water partition coefficient (Wildman–Crippen LogP) is 2.01. The lowest BCUT2D eigenvalue weighted by Crippen LogP contribution is -2.34. The number of amides is 1. The highest BCUT2D eigenvalue weighted by Crippen LogP contribution is 2.26. The van der Waals surface area contributed by atoms with E-state index in [1.807, 2.05) is 0 Å². The van der Waals surface area contributed by atoms with Crippen LogP contribution in [0.5, 0.6) is 11.5 Å². The first-order chi connectivity index (χ1) is 12.5. The summed E-state index contributed by atoms with van der Waals surface area (Å²) in [6, 6.07) is 11.0. The Labute approximate surface area is 149 Å². The molecule has 1 heterocycles. The molecule has 0 aliphatic heterocycles. The van der Waals surface area contributed by atoms with Gasteiger partial charge < -0.3 is 14.8 Å². The fourth-order valence-electron chi connectivity index (χ4n) is 2.49. The molecule has 1 N–H and O–H groups in total. The third kappa shape index (κ3) is 3.34. The maximum Gasteiger partial charge on any atom is 0.278 e. The van der Waals surface area contributed by atoms with Gasteiger partial charge in [0, 0.05) is 23.9 Å². The molecule has 1 atom stereocenters. The maximum atomic E-state index is 12.6. The number of carbonyl (C=O) groups excluding carboxylic acids is 1. The lowest BCUT2D eigenvalue weighted by Gasteiger charge is -2.15. The number of hydrogen-bond acceptors (Lipinski definition) is 6. The third-order valence-electron chi connectivity index (χ3n) is 3.96. The number of nitrogens with zero attached hydrogens (tertiary/aromatic N) is 3. The predicted molar refractivity (Wildman–Crippen MR) is 96.7 cm³/mol. The molecule has 0 bridgehead atoms. The lowest BCUT2D eigenvalue weighted by atomic mass is 10.2. The van der Waals surface area contributed by atoms with E-state index in [1.54, 1.807) is 49.4 Å². The molecular formula is C18H18N4O4. The second kappa shape index (κ2) is 7.22. The van der Waals surface area contributed by atoms with E-state index in [0.717, 1.165) is 4.68 Å². The number of benzene rings is 2. The quantitative estimate of drug-likeness (QED) is 0.753. The molecule has 1 amide bonds. The molecule has 8 heteroatoms. The molecule has 0 spiro atoms. The molecule has 3 aromatic rings. The Morgan fingerprint density at radius 3 is 2.42 bits per heavy atom. The molecule has 0 radical (unpaired) electrons. The van der Waals surface area contributed by atoms with Gasteiger partial charge in [-0.2, -0.15) is 4.68 Å².